The number of ether oxygens (including phenoxy) is 1. The second kappa shape index (κ2) is 2.87. The Kier molecular flexibility index (Phi) is 1.85. The molecule has 0 N–H and O–H groups in total. The predicted octanol–water partition coefficient (Wildman–Crippen LogP) is 2.16. The number of rotatable bonds is 2. The first-order valence-corrected chi connectivity index (χ1v) is 4.16. The number of epoxide rings is 1. The van der Waals surface area contributed by atoms with E-state index in [0.29, 0.717) is 12.5 Å². The molecule has 0 bridgehead atoms. The Hall–Kier alpha value is -0.890. The molecule has 0 radical (unpaired) electrons. The van der Waals surface area contributed by atoms with Crippen LogP contribution in [0, 0.1) is 5.82 Å². The van der Waals surface area contributed by atoms with Gasteiger partial charge in [0.1, 0.15) is 5.82 Å². The summed E-state index contributed by atoms with van der Waals surface area (Å²) >= 11 is 0. The summed E-state index contributed by atoms with van der Waals surface area (Å²) in [5.41, 5.74) is 0.756. The molecule has 0 aliphatic carbocycles. The smallest absolute Gasteiger partial charge is 0.126 e. The summed E-state index contributed by atoms with van der Waals surface area (Å²) < 4.78 is 18.3. The van der Waals surface area contributed by atoms with Crippen molar-refractivity contribution in [3.05, 3.63) is 35.6 Å². The van der Waals surface area contributed by atoms with Crippen LogP contribution in [-0.2, 0) is 11.2 Å². The predicted molar refractivity (Wildman–Crippen MR) is 44.4 cm³/mol. The molecule has 1 nitrogen and oxygen atoms in total. The molecule has 1 aromatic carbocycles. The van der Waals surface area contributed by atoms with E-state index in [-0.39, 0.29) is 11.9 Å². The van der Waals surface area contributed by atoms with E-state index in [1.807, 2.05) is 19.1 Å². The molecule has 1 aliphatic rings. The third kappa shape index (κ3) is 1.48. The van der Waals surface area contributed by atoms with Crippen LogP contribution < -0.4 is 0 Å². The summed E-state index contributed by atoms with van der Waals surface area (Å²) in [6, 6.07) is 6.85. The van der Waals surface area contributed by atoms with Crippen molar-refractivity contribution < 1.29 is 9.13 Å². The molecule has 0 saturated carbocycles. The SMILES string of the molecule is C[C@H]1O[C@@H]1Cc1ccccc1F. The van der Waals surface area contributed by atoms with Crippen molar-refractivity contribution in [2.75, 3.05) is 0 Å². The molecular weight excluding hydrogens is 155 g/mol. The summed E-state index contributed by atoms with van der Waals surface area (Å²) in [4.78, 5) is 0. The molecule has 12 heavy (non-hydrogen) atoms. The molecule has 1 saturated heterocycles. The van der Waals surface area contributed by atoms with E-state index >= 15 is 0 Å². The summed E-state index contributed by atoms with van der Waals surface area (Å²) in [5.74, 6) is -0.125. The fourth-order valence-corrected chi connectivity index (χ4v) is 1.33. The highest BCUT2D eigenvalue weighted by Crippen LogP contribution is 2.25. The average molecular weight is 166 g/mol. The lowest BCUT2D eigenvalue weighted by atomic mass is 10.1. The number of hydrogen-bond donors (Lipinski definition) is 0. The van der Waals surface area contributed by atoms with Crippen LogP contribution >= 0.6 is 0 Å². The highest BCUT2D eigenvalue weighted by Gasteiger charge is 2.34. The quantitative estimate of drug-likeness (QED) is 0.613. The molecule has 0 spiro atoms. The minimum absolute atomic E-state index is 0.125. The van der Waals surface area contributed by atoms with E-state index in [9.17, 15) is 4.39 Å². The van der Waals surface area contributed by atoms with E-state index in [1.54, 1.807) is 6.07 Å². The van der Waals surface area contributed by atoms with E-state index in [4.69, 9.17) is 4.74 Å². The van der Waals surface area contributed by atoms with Gasteiger partial charge in [-0.1, -0.05) is 18.2 Å². The first-order valence-electron chi connectivity index (χ1n) is 4.16. The van der Waals surface area contributed by atoms with Crippen molar-refractivity contribution in [2.24, 2.45) is 0 Å². The molecule has 0 unspecified atom stereocenters. The maximum absolute atomic E-state index is 13.0. The average Bonchev–Trinajstić information content (AvgIpc) is 2.72. The van der Waals surface area contributed by atoms with Crippen molar-refractivity contribution in [1.29, 1.82) is 0 Å². The van der Waals surface area contributed by atoms with Crippen LogP contribution in [0.2, 0.25) is 0 Å². The molecule has 1 heterocycles. The Bertz CT molecular complexity index is 285. The van der Waals surface area contributed by atoms with Gasteiger partial charge in [0, 0.05) is 6.42 Å². The fraction of sp³-hybridized carbons (Fsp3) is 0.400. The molecule has 2 atom stereocenters. The normalized spacial score (nSPS) is 27.2. The first kappa shape index (κ1) is 7.74. The van der Waals surface area contributed by atoms with Crippen molar-refractivity contribution in [3.63, 3.8) is 0 Å². The van der Waals surface area contributed by atoms with E-state index in [2.05, 4.69) is 0 Å². The van der Waals surface area contributed by atoms with Crippen LogP contribution in [0.15, 0.2) is 24.3 Å². The second-order valence-corrected chi connectivity index (χ2v) is 3.18. The molecule has 2 rings (SSSR count). The van der Waals surface area contributed by atoms with Crippen LogP contribution in [-0.4, -0.2) is 12.2 Å². The lowest BCUT2D eigenvalue weighted by Gasteiger charge is -1.98. The number of hydrogen-bond acceptors (Lipinski definition) is 1. The van der Waals surface area contributed by atoms with Crippen LogP contribution in [0.1, 0.15) is 12.5 Å². The largest absolute Gasteiger partial charge is 0.370 e. The second-order valence-electron chi connectivity index (χ2n) is 3.18. The van der Waals surface area contributed by atoms with Crippen molar-refractivity contribution in [3.8, 4) is 0 Å². The van der Waals surface area contributed by atoms with Crippen molar-refractivity contribution in [1.82, 2.24) is 0 Å². The fourth-order valence-electron chi connectivity index (χ4n) is 1.33. The standard InChI is InChI=1S/C10H11FO/c1-7-10(12-7)6-8-4-2-3-5-9(8)11/h2-5,7,10H,6H2,1H3/t7-,10-/m1/s1. The molecular formula is C10H11FO. The van der Waals surface area contributed by atoms with Gasteiger partial charge in [-0.25, -0.2) is 4.39 Å². The molecule has 0 aromatic heterocycles. The van der Waals surface area contributed by atoms with Gasteiger partial charge in [-0.3, -0.25) is 0 Å². The summed E-state index contributed by atoms with van der Waals surface area (Å²) in [7, 11) is 0. The van der Waals surface area contributed by atoms with E-state index < -0.39 is 0 Å². The Labute approximate surface area is 71.2 Å². The summed E-state index contributed by atoms with van der Waals surface area (Å²) in [6.07, 6.45) is 1.25. The van der Waals surface area contributed by atoms with Gasteiger partial charge < -0.3 is 4.74 Å². The Morgan fingerprint density at radius 1 is 1.42 bits per heavy atom. The van der Waals surface area contributed by atoms with Gasteiger partial charge in [-0.15, -0.1) is 0 Å². The zero-order valence-electron chi connectivity index (χ0n) is 6.96. The Morgan fingerprint density at radius 2 is 2.08 bits per heavy atom. The van der Waals surface area contributed by atoms with Crippen molar-refractivity contribution >= 4 is 0 Å². The van der Waals surface area contributed by atoms with Crippen LogP contribution in [0.3, 0.4) is 0 Å². The zero-order valence-corrected chi connectivity index (χ0v) is 6.96. The number of benzene rings is 1. The Morgan fingerprint density at radius 3 is 2.67 bits per heavy atom. The molecule has 1 aliphatic heterocycles. The molecule has 64 valence electrons. The minimum atomic E-state index is -0.125. The molecule has 1 fully saturated rings. The summed E-state index contributed by atoms with van der Waals surface area (Å²) in [5, 5.41) is 0. The van der Waals surface area contributed by atoms with Gasteiger partial charge in [0.25, 0.3) is 0 Å². The third-order valence-corrected chi connectivity index (χ3v) is 2.22. The highest BCUT2D eigenvalue weighted by atomic mass is 19.1. The van der Waals surface area contributed by atoms with Gasteiger partial charge in [0.2, 0.25) is 0 Å². The van der Waals surface area contributed by atoms with E-state index in [1.165, 1.54) is 6.07 Å². The summed E-state index contributed by atoms with van der Waals surface area (Å²) in [6.45, 7) is 2.01. The van der Waals surface area contributed by atoms with Gasteiger partial charge in [0.05, 0.1) is 12.2 Å². The van der Waals surface area contributed by atoms with Gasteiger partial charge >= 0.3 is 0 Å². The first-order chi connectivity index (χ1) is 5.77. The van der Waals surface area contributed by atoms with Gasteiger partial charge in [-0.2, -0.15) is 0 Å². The van der Waals surface area contributed by atoms with E-state index in [0.717, 1.165) is 5.56 Å². The minimum Gasteiger partial charge on any atom is -0.370 e. The molecule has 0 amide bonds. The van der Waals surface area contributed by atoms with Crippen LogP contribution in [0.4, 0.5) is 4.39 Å². The monoisotopic (exact) mass is 166 g/mol. The highest BCUT2D eigenvalue weighted by molar-refractivity contribution is 5.19. The van der Waals surface area contributed by atoms with Gasteiger partial charge in [0.15, 0.2) is 0 Å². The maximum Gasteiger partial charge on any atom is 0.126 e. The third-order valence-electron chi connectivity index (χ3n) is 2.22. The topological polar surface area (TPSA) is 12.5 Å². The molecule has 1 aromatic rings. The number of halogens is 1. The van der Waals surface area contributed by atoms with Crippen molar-refractivity contribution in [2.45, 2.75) is 25.6 Å². The van der Waals surface area contributed by atoms with Gasteiger partial charge in [-0.05, 0) is 18.6 Å². The Balaban J connectivity index is 2.08. The lowest BCUT2D eigenvalue weighted by molar-refractivity contribution is 0.376. The molecule has 2 heteroatoms. The zero-order chi connectivity index (χ0) is 8.55. The van der Waals surface area contributed by atoms with Crippen LogP contribution in [0.5, 0.6) is 0 Å². The van der Waals surface area contributed by atoms with Crippen LogP contribution in [0.25, 0.3) is 0 Å². The maximum atomic E-state index is 13.0. The lowest BCUT2D eigenvalue weighted by Crippen LogP contribution is -1.98.